The molecule has 0 aliphatic rings. The molecule has 0 bridgehead atoms. The van der Waals surface area contributed by atoms with Crippen LogP contribution in [0.15, 0.2) is 0 Å². The highest BCUT2D eigenvalue weighted by Crippen LogP contribution is 2.10. The molecule has 1 unspecified atom stereocenters. The maximum Gasteiger partial charge on any atom is 0.147 e. The van der Waals surface area contributed by atoms with E-state index in [9.17, 15) is 13.2 Å². The minimum Gasteiger partial charge on any atom is -0.396 e. The van der Waals surface area contributed by atoms with Crippen LogP contribution in [0.3, 0.4) is 0 Å². The maximum atomic E-state index is 10.9. The lowest BCUT2D eigenvalue weighted by atomic mass is 9.99. The first kappa shape index (κ1) is 12.6. The summed E-state index contributed by atoms with van der Waals surface area (Å²) in [6.45, 7) is 1.34. The van der Waals surface area contributed by atoms with Crippen molar-refractivity contribution in [2.75, 3.05) is 18.6 Å². The average Bonchev–Trinajstić information content (AvgIpc) is 1.95. The molecule has 0 spiro atoms. The molecule has 0 fully saturated rings. The summed E-state index contributed by atoms with van der Waals surface area (Å²) in [6.07, 6.45) is 1.81. The molecule has 0 radical (unpaired) electrons. The van der Waals surface area contributed by atoms with E-state index in [1.165, 1.54) is 6.92 Å². The van der Waals surface area contributed by atoms with Gasteiger partial charge in [-0.05, 0) is 19.8 Å². The van der Waals surface area contributed by atoms with E-state index < -0.39 is 9.84 Å². The zero-order valence-electron chi connectivity index (χ0n) is 7.99. The van der Waals surface area contributed by atoms with Crippen LogP contribution in [0, 0.1) is 5.92 Å². The Morgan fingerprint density at radius 3 is 2.23 bits per heavy atom. The number of rotatable bonds is 6. The van der Waals surface area contributed by atoms with Crippen LogP contribution in [0.5, 0.6) is 0 Å². The molecule has 4 nitrogen and oxygen atoms in total. The largest absolute Gasteiger partial charge is 0.396 e. The zero-order chi connectivity index (χ0) is 10.5. The van der Waals surface area contributed by atoms with E-state index >= 15 is 0 Å². The third kappa shape index (κ3) is 6.72. The summed E-state index contributed by atoms with van der Waals surface area (Å²) >= 11 is 0. The molecule has 1 atom stereocenters. The van der Waals surface area contributed by atoms with Crippen molar-refractivity contribution in [2.24, 2.45) is 5.92 Å². The van der Waals surface area contributed by atoms with E-state index in [0.29, 0.717) is 12.8 Å². The van der Waals surface area contributed by atoms with Crippen LogP contribution in [-0.2, 0) is 14.6 Å². The van der Waals surface area contributed by atoms with Crippen LogP contribution in [-0.4, -0.2) is 37.9 Å². The van der Waals surface area contributed by atoms with E-state index in [1.807, 2.05) is 0 Å². The molecular weight excluding hydrogens is 192 g/mol. The van der Waals surface area contributed by atoms with Crippen LogP contribution >= 0.6 is 0 Å². The highest BCUT2D eigenvalue weighted by atomic mass is 32.2. The lowest BCUT2D eigenvalue weighted by Crippen LogP contribution is -2.17. The fourth-order valence-electron chi connectivity index (χ4n) is 1.06. The van der Waals surface area contributed by atoms with Crippen LogP contribution in [0.1, 0.15) is 19.8 Å². The van der Waals surface area contributed by atoms with E-state index in [4.69, 9.17) is 5.11 Å². The van der Waals surface area contributed by atoms with Gasteiger partial charge >= 0.3 is 0 Å². The van der Waals surface area contributed by atoms with Gasteiger partial charge in [0.25, 0.3) is 0 Å². The van der Waals surface area contributed by atoms with Crippen molar-refractivity contribution in [2.45, 2.75) is 19.8 Å². The Kier molecular flexibility index (Phi) is 5.17. The highest BCUT2D eigenvalue weighted by molar-refractivity contribution is 7.90. The molecular formula is C8H16O4S. The number of carbonyl (C=O) groups is 1. The Morgan fingerprint density at radius 2 is 1.92 bits per heavy atom. The second kappa shape index (κ2) is 5.34. The van der Waals surface area contributed by atoms with Crippen molar-refractivity contribution < 1.29 is 18.3 Å². The predicted octanol–water partition coefficient (Wildman–Crippen LogP) is 0.00870. The summed E-state index contributed by atoms with van der Waals surface area (Å²) in [5.74, 6) is -0.366. The number of hydrogen-bond donors (Lipinski definition) is 1. The fraction of sp³-hybridized carbons (Fsp3) is 0.875. The molecule has 13 heavy (non-hydrogen) atoms. The van der Waals surface area contributed by atoms with Gasteiger partial charge in [-0.15, -0.1) is 0 Å². The number of ketones is 1. The SMILES string of the molecule is CC(=O)C(CCO)CCS(C)(=O)=O. The number of hydrogen-bond acceptors (Lipinski definition) is 4. The van der Waals surface area contributed by atoms with Gasteiger partial charge in [0.05, 0.1) is 5.75 Å². The molecule has 0 saturated carbocycles. The van der Waals surface area contributed by atoms with Gasteiger partial charge in [-0.25, -0.2) is 8.42 Å². The minimum absolute atomic E-state index is 0.0112. The minimum atomic E-state index is -3.00. The third-order valence-corrected chi connectivity index (χ3v) is 2.87. The Hall–Kier alpha value is -0.420. The van der Waals surface area contributed by atoms with Gasteiger partial charge in [0, 0.05) is 18.8 Å². The van der Waals surface area contributed by atoms with Gasteiger partial charge in [-0.1, -0.05) is 0 Å². The van der Waals surface area contributed by atoms with E-state index in [2.05, 4.69) is 0 Å². The number of carbonyl (C=O) groups excluding carboxylic acids is 1. The van der Waals surface area contributed by atoms with Crippen molar-refractivity contribution in [1.29, 1.82) is 0 Å². The topological polar surface area (TPSA) is 71.4 Å². The molecule has 0 amide bonds. The van der Waals surface area contributed by atoms with Gasteiger partial charge in [0.2, 0.25) is 0 Å². The average molecular weight is 208 g/mol. The quantitative estimate of drug-likeness (QED) is 0.667. The summed E-state index contributed by atoms with van der Waals surface area (Å²) < 4.78 is 21.6. The van der Waals surface area contributed by atoms with Crippen molar-refractivity contribution in [3.8, 4) is 0 Å². The van der Waals surface area contributed by atoms with Crippen molar-refractivity contribution in [3.63, 3.8) is 0 Å². The van der Waals surface area contributed by atoms with Crippen LogP contribution < -0.4 is 0 Å². The molecule has 0 saturated heterocycles. The maximum absolute atomic E-state index is 10.9. The Bertz CT molecular complexity index is 255. The molecule has 0 heterocycles. The molecule has 0 aromatic carbocycles. The molecule has 0 rings (SSSR count). The summed E-state index contributed by atoms with van der Waals surface area (Å²) in [6, 6.07) is 0. The molecule has 0 aromatic heterocycles. The zero-order valence-corrected chi connectivity index (χ0v) is 8.80. The molecule has 0 aliphatic heterocycles. The van der Waals surface area contributed by atoms with Crippen LogP contribution in [0.25, 0.3) is 0 Å². The first-order chi connectivity index (χ1) is 5.87. The van der Waals surface area contributed by atoms with Crippen molar-refractivity contribution in [3.05, 3.63) is 0 Å². The van der Waals surface area contributed by atoms with Crippen molar-refractivity contribution >= 4 is 15.6 Å². The van der Waals surface area contributed by atoms with Gasteiger partial charge in [0.1, 0.15) is 15.6 Å². The summed E-state index contributed by atoms with van der Waals surface area (Å²) in [5, 5.41) is 8.61. The summed E-state index contributed by atoms with van der Waals surface area (Å²) in [5.41, 5.74) is 0. The molecule has 5 heteroatoms. The van der Waals surface area contributed by atoms with Crippen LogP contribution in [0.2, 0.25) is 0 Å². The Balaban J connectivity index is 4.05. The Morgan fingerprint density at radius 1 is 1.38 bits per heavy atom. The van der Waals surface area contributed by atoms with Crippen LogP contribution in [0.4, 0.5) is 0 Å². The molecule has 0 aromatic rings. The fourth-order valence-corrected chi connectivity index (χ4v) is 1.78. The number of aliphatic hydroxyl groups excluding tert-OH is 1. The van der Waals surface area contributed by atoms with Gasteiger partial charge in [-0.2, -0.15) is 0 Å². The third-order valence-electron chi connectivity index (χ3n) is 1.89. The van der Waals surface area contributed by atoms with Gasteiger partial charge in [0.15, 0.2) is 0 Å². The van der Waals surface area contributed by atoms with E-state index in [0.717, 1.165) is 6.26 Å². The van der Waals surface area contributed by atoms with Gasteiger partial charge < -0.3 is 5.11 Å². The smallest absolute Gasteiger partial charge is 0.147 e. The summed E-state index contributed by atoms with van der Waals surface area (Å²) in [7, 11) is -3.00. The second-order valence-corrected chi connectivity index (χ2v) is 5.50. The highest BCUT2D eigenvalue weighted by Gasteiger charge is 2.15. The lowest BCUT2D eigenvalue weighted by molar-refractivity contribution is -0.121. The molecule has 0 aliphatic carbocycles. The first-order valence-electron chi connectivity index (χ1n) is 4.16. The first-order valence-corrected chi connectivity index (χ1v) is 6.22. The lowest BCUT2D eigenvalue weighted by Gasteiger charge is -2.10. The number of sulfone groups is 1. The van der Waals surface area contributed by atoms with E-state index in [1.54, 1.807) is 0 Å². The van der Waals surface area contributed by atoms with E-state index in [-0.39, 0.29) is 24.1 Å². The van der Waals surface area contributed by atoms with Gasteiger partial charge in [-0.3, -0.25) is 4.79 Å². The normalized spacial score (nSPS) is 14.1. The van der Waals surface area contributed by atoms with Crippen molar-refractivity contribution in [1.82, 2.24) is 0 Å². The molecule has 1 N–H and O–H groups in total. The summed E-state index contributed by atoms with van der Waals surface area (Å²) in [4.78, 5) is 10.9. The molecule has 78 valence electrons. The Labute approximate surface area is 78.9 Å². The standard InChI is InChI=1S/C8H16O4S/c1-7(10)8(3-5-9)4-6-13(2,11)12/h8-9H,3-6H2,1-2H3. The monoisotopic (exact) mass is 208 g/mol. The number of Topliss-reactive ketones (excluding diaryl/α,β-unsaturated/α-hetero) is 1. The number of aliphatic hydroxyl groups is 1. The predicted molar refractivity (Wildman–Crippen MR) is 50.2 cm³/mol. The second-order valence-electron chi connectivity index (χ2n) is 3.24.